The van der Waals surface area contributed by atoms with Gasteiger partial charge < -0.3 is 14.5 Å². The second kappa shape index (κ2) is 6.82. The van der Waals surface area contributed by atoms with Crippen LogP contribution in [0.15, 0.2) is 16.5 Å². The summed E-state index contributed by atoms with van der Waals surface area (Å²) in [4.78, 5) is 0. The monoisotopic (exact) mass is 237 g/mol. The largest absolute Gasteiger partial charge is 0.465 e. The van der Waals surface area contributed by atoms with Crippen LogP contribution in [0.25, 0.3) is 0 Å². The lowest BCUT2D eigenvalue weighted by molar-refractivity contribution is 0.0601. The molecule has 0 aromatic carbocycles. The molecule has 1 aromatic heterocycles. The van der Waals surface area contributed by atoms with Crippen LogP contribution in [0.5, 0.6) is 0 Å². The average Bonchev–Trinajstić information content (AvgIpc) is 2.99. The van der Waals surface area contributed by atoms with Gasteiger partial charge >= 0.3 is 0 Å². The van der Waals surface area contributed by atoms with Crippen molar-refractivity contribution in [3.8, 4) is 0 Å². The number of ether oxygens (including phenoxy) is 1. The molecule has 3 nitrogen and oxygen atoms in total. The first-order chi connectivity index (χ1) is 8.38. The molecule has 1 fully saturated rings. The molecule has 96 valence electrons. The predicted octanol–water partition coefficient (Wildman–Crippen LogP) is 2.89. The van der Waals surface area contributed by atoms with Gasteiger partial charge in [-0.1, -0.05) is 19.8 Å². The summed E-state index contributed by atoms with van der Waals surface area (Å²) in [5.74, 6) is 2.08. The van der Waals surface area contributed by atoms with Crippen LogP contribution in [0, 0.1) is 0 Å². The summed E-state index contributed by atoms with van der Waals surface area (Å²) in [5.41, 5.74) is 0. The highest BCUT2D eigenvalue weighted by Gasteiger charge is 2.14. The minimum Gasteiger partial charge on any atom is -0.465 e. The quantitative estimate of drug-likeness (QED) is 0.740. The van der Waals surface area contributed by atoms with E-state index in [1.54, 1.807) is 0 Å². The fourth-order valence-corrected chi connectivity index (χ4v) is 2.27. The van der Waals surface area contributed by atoms with E-state index in [9.17, 15) is 0 Å². The van der Waals surface area contributed by atoms with E-state index in [1.165, 1.54) is 25.7 Å². The number of nitrogens with one attached hydrogen (secondary N) is 1. The molecule has 3 heteroatoms. The second-order valence-corrected chi connectivity index (χ2v) is 4.68. The van der Waals surface area contributed by atoms with E-state index in [4.69, 9.17) is 9.15 Å². The van der Waals surface area contributed by atoms with Crippen LogP contribution in [0.1, 0.15) is 44.1 Å². The van der Waals surface area contributed by atoms with E-state index in [1.807, 2.05) is 12.1 Å². The minimum absolute atomic E-state index is 0.520. The molecule has 2 rings (SSSR count). The standard InChI is InChI=1S/C14H23NO2/c1-2-12-7-8-14(17-12)11-15-9-10-16-13-5-3-4-6-13/h7-8,13,15H,2-6,9-11H2,1H3. The van der Waals surface area contributed by atoms with Crippen LogP contribution in [0.2, 0.25) is 0 Å². The lowest BCUT2D eigenvalue weighted by Gasteiger charge is -2.10. The van der Waals surface area contributed by atoms with E-state index >= 15 is 0 Å². The normalized spacial score (nSPS) is 16.8. The molecule has 0 spiro atoms. The molecule has 1 N–H and O–H groups in total. The second-order valence-electron chi connectivity index (χ2n) is 4.68. The summed E-state index contributed by atoms with van der Waals surface area (Å²) in [7, 11) is 0. The van der Waals surface area contributed by atoms with Crippen LogP contribution in [0.3, 0.4) is 0 Å². The minimum atomic E-state index is 0.520. The summed E-state index contributed by atoms with van der Waals surface area (Å²) in [6, 6.07) is 4.09. The summed E-state index contributed by atoms with van der Waals surface area (Å²) in [5, 5.41) is 3.34. The predicted molar refractivity (Wildman–Crippen MR) is 68.0 cm³/mol. The highest BCUT2D eigenvalue weighted by Crippen LogP contribution is 2.20. The Morgan fingerprint density at radius 3 is 2.76 bits per heavy atom. The summed E-state index contributed by atoms with van der Waals surface area (Å²) in [6.07, 6.45) is 6.65. The van der Waals surface area contributed by atoms with Gasteiger partial charge in [0.2, 0.25) is 0 Å². The molecule has 1 aliphatic rings. The Kier molecular flexibility index (Phi) is 5.08. The molecule has 0 aliphatic heterocycles. The van der Waals surface area contributed by atoms with E-state index in [0.29, 0.717) is 6.10 Å². The molecule has 1 aromatic rings. The third-order valence-electron chi connectivity index (χ3n) is 3.30. The first-order valence-electron chi connectivity index (χ1n) is 6.78. The molecular weight excluding hydrogens is 214 g/mol. The van der Waals surface area contributed by atoms with Crippen molar-refractivity contribution in [1.82, 2.24) is 5.32 Å². The molecule has 1 saturated carbocycles. The zero-order chi connectivity index (χ0) is 11.9. The zero-order valence-corrected chi connectivity index (χ0v) is 10.7. The fraction of sp³-hybridized carbons (Fsp3) is 0.714. The van der Waals surface area contributed by atoms with Crippen LogP contribution >= 0.6 is 0 Å². The van der Waals surface area contributed by atoms with Crippen molar-refractivity contribution in [3.05, 3.63) is 23.7 Å². The number of furan rings is 1. The molecule has 0 saturated heterocycles. The number of hydrogen-bond donors (Lipinski definition) is 1. The first-order valence-corrected chi connectivity index (χ1v) is 6.78. The third-order valence-corrected chi connectivity index (χ3v) is 3.30. The number of aryl methyl sites for hydroxylation is 1. The fourth-order valence-electron chi connectivity index (χ4n) is 2.27. The molecule has 1 aliphatic carbocycles. The van der Waals surface area contributed by atoms with Crippen molar-refractivity contribution in [2.24, 2.45) is 0 Å². The van der Waals surface area contributed by atoms with Crippen LogP contribution in [-0.4, -0.2) is 19.3 Å². The van der Waals surface area contributed by atoms with Crippen LogP contribution in [0.4, 0.5) is 0 Å². The summed E-state index contributed by atoms with van der Waals surface area (Å²) >= 11 is 0. The van der Waals surface area contributed by atoms with Gasteiger partial charge in [0.15, 0.2) is 0 Å². The Hall–Kier alpha value is -0.800. The lowest BCUT2D eigenvalue weighted by Crippen LogP contribution is -2.21. The molecule has 17 heavy (non-hydrogen) atoms. The van der Waals surface area contributed by atoms with Gasteiger partial charge in [-0.25, -0.2) is 0 Å². The van der Waals surface area contributed by atoms with E-state index in [0.717, 1.165) is 37.6 Å². The van der Waals surface area contributed by atoms with Crippen LogP contribution < -0.4 is 5.32 Å². The van der Waals surface area contributed by atoms with Gasteiger partial charge in [0.1, 0.15) is 11.5 Å². The summed E-state index contributed by atoms with van der Waals surface area (Å²) in [6.45, 7) is 4.62. The van der Waals surface area contributed by atoms with Gasteiger partial charge in [0, 0.05) is 13.0 Å². The van der Waals surface area contributed by atoms with E-state index in [-0.39, 0.29) is 0 Å². The Morgan fingerprint density at radius 1 is 1.29 bits per heavy atom. The van der Waals surface area contributed by atoms with Crippen molar-refractivity contribution in [1.29, 1.82) is 0 Å². The van der Waals surface area contributed by atoms with Crippen molar-refractivity contribution in [3.63, 3.8) is 0 Å². The molecular formula is C14H23NO2. The Morgan fingerprint density at radius 2 is 2.06 bits per heavy atom. The Labute approximate surface area is 104 Å². The van der Waals surface area contributed by atoms with Crippen LogP contribution in [-0.2, 0) is 17.7 Å². The smallest absolute Gasteiger partial charge is 0.117 e. The maximum Gasteiger partial charge on any atom is 0.117 e. The maximum atomic E-state index is 5.77. The van der Waals surface area contributed by atoms with Gasteiger partial charge in [-0.05, 0) is 25.0 Å². The van der Waals surface area contributed by atoms with Gasteiger partial charge in [-0.3, -0.25) is 0 Å². The molecule has 0 unspecified atom stereocenters. The Bertz CT molecular complexity index is 316. The van der Waals surface area contributed by atoms with Gasteiger partial charge in [-0.2, -0.15) is 0 Å². The SMILES string of the molecule is CCc1ccc(CNCCOC2CCCC2)o1. The lowest BCUT2D eigenvalue weighted by atomic mass is 10.3. The molecule has 0 bridgehead atoms. The van der Waals surface area contributed by atoms with Gasteiger partial charge in [0.05, 0.1) is 19.3 Å². The van der Waals surface area contributed by atoms with Gasteiger partial charge in [0.25, 0.3) is 0 Å². The molecule has 0 amide bonds. The highest BCUT2D eigenvalue weighted by molar-refractivity contribution is 5.06. The topological polar surface area (TPSA) is 34.4 Å². The van der Waals surface area contributed by atoms with E-state index in [2.05, 4.69) is 12.2 Å². The zero-order valence-electron chi connectivity index (χ0n) is 10.7. The Balaban J connectivity index is 1.53. The van der Waals surface area contributed by atoms with Crippen molar-refractivity contribution in [2.45, 2.75) is 51.7 Å². The first kappa shape index (κ1) is 12.7. The molecule has 0 radical (unpaired) electrons. The summed E-state index contributed by atoms with van der Waals surface area (Å²) < 4.78 is 11.4. The highest BCUT2D eigenvalue weighted by atomic mass is 16.5. The van der Waals surface area contributed by atoms with Crippen molar-refractivity contribution >= 4 is 0 Å². The third kappa shape index (κ3) is 4.17. The average molecular weight is 237 g/mol. The maximum absolute atomic E-state index is 5.77. The molecule has 0 atom stereocenters. The van der Waals surface area contributed by atoms with E-state index < -0.39 is 0 Å². The van der Waals surface area contributed by atoms with Crippen molar-refractivity contribution < 1.29 is 9.15 Å². The van der Waals surface area contributed by atoms with Gasteiger partial charge in [-0.15, -0.1) is 0 Å². The number of hydrogen-bond acceptors (Lipinski definition) is 3. The van der Waals surface area contributed by atoms with Crippen molar-refractivity contribution in [2.75, 3.05) is 13.2 Å². The molecule has 1 heterocycles. The number of rotatable bonds is 7.